The van der Waals surface area contributed by atoms with Gasteiger partial charge in [-0.1, -0.05) is 11.6 Å². The molecule has 1 aromatic rings. The first-order valence-electron chi connectivity index (χ1n) is 8.23. The summed E-state index contributed by atoms with van der Waals surface area (Å²) in [5.74, 6) is -0.149. The first-order chi connectivity index (χ1) is 12.1. The molecule has 0 heterocycles. The molecule has 1 amide bonds. The van der Waals surface area contributed by atoms with Gasteiger partial charge in [-0.05, 0) is 33.3 Å². The number of halogens is 1. The van der Waals surface area contributed by atoms with Crippen LogP contribution < -0.4 is 10.1 Å². The van der Waals surface area contributed by atoms with Gasteiger partial charge in [0.25, 0.3) is 0 Å². The molecule has 8 heteroatoms. The van der Waals surface area contributed by atoms with E-state index in [1.807, 2.05) is 20.8 Å². The van der Waals surface area contributed by atoms with E-state index in [9.17, 15) is 9.59 Å². The molecule has 0 aliphatic carbocycles. The highest BCUT2D eigenvalue weighted by molar-refractivity contribution is 6.33. The number of anilines is 1. The molecule has 26 heavy (non-hydrogen) atoms. The van der Waals surface area contributed by atoms with Crippen molar-refractivity contribution in [2.75, 3.05) is 39.7 Å². The van der Waals surface area contributed by atoms with Crippen LogP contribution >= 0.6 is 11.6 Å². The smallest absolute Gasteiger partial charge is 0.410 e. The average molecular weight is 387 g/mol. The molecule has 1 rings (SSSR count). The van der Waals surface area contributed by atoms with Crippen molar-refractivity contribution in [3.05, 3.63) is 22.7 Å². The predicted molar refractivity (Wildman–Crippen MR) is 101 cm³/mol. The maximum atomic E-state index is 11.9. The molecule has 0 fully saturated rings. The molecular formula is C18H27ClN2O5. The number of hydrogen-bond donors (Lipinski definition) is 1. The van der Waals surface area contributed by atoms with Crippen LogP contribution in [0.1, 0.15) is 37.6 Å². The summed E-state index contributed by atoms with van der Waals surface area (Å²) in [4.78, 5) is 25.1. The third kappa shape index (κ3) is 6.63. The van der Waals surface area contributed by atoms with Crippen LogP contribution in [-0.2, 0) is 9.47 Å². The average Bonchev–Trinajstić information content (AvgIpc) is 2.56. The molecule has 1 aromatic carbocycles. The molecule has 0 aliphatic heterocycles. The van der Waals surface area contributed by atoms with Gasteiger partial charge in [0.2, 0.25) is 0 Å². The van der Waals surface area contributed by atoms with E-state index in [1.54, 1.807) is 13.1 Å². The van der Waals surface area contributed by atoms with Gasteiger partial charge in [-0.25, -0.2) is 9.59 Å². The van der Waals surface area contributed by atoms with Crippen LogP contribution in [0.3, 0.4) is 0 Å². The monoisotopic (exact) mass is 386 g/mol. The molecule has 0 saturated heterocycles. The van der Waals surface area contributed by atoms with Gasteiger partial charge < -0.3 is 24.4 Å². The zero-order valence-corrected chi connectivity index (χ0v) is 16.9. The molecule has 0 aliphatic rings. The van der Waals surface area contributed by atoms with Crippen LogP contribution in [-0.4, -0.2) is 56.9 Å². The lowest BCUT2D eigenvalue weighted by Crippen LogP contribution is -2.35. The van der Waals surface area contributed by atoms with Crippen molar-refractivity contribution in [1.82, 2.24) is 4.90 Å². The second-order valence-corrected chi connectivity index (χ2v) is 7.11. The number of nitrogens with zero attached hydrogens (tertiary/aromatic N) is 1. The fraction of sp³-hybridized carbons (Fsp3) is 0.556. The van der Waals surface area contributed by atoms with E-state index in [-0.39, 0.29) is 11.7 Å². The Hall–Kier alpha value is -2.15. The zero-order valence-electron chi connectivity index (χ0n) is 16.1. The third-order valence-corrected chi connectivity index (χ3v) is 3.70. The second kappa shape index (κ2) is 9.52. The number of hydrogen-bond acceptors (Lipinski definition) is 6. The Labute approximate surface area is 159 Å². The Bertz CT molecular complexity index is 643. The molecule has 0 saturated carbocycles. The zero-order chi connectivity index (χ0) is 19.9. The molecular weight excluding hydrogens is 360 g/mol. The Morgan fingerprint density at radius 2 is 1.88 bits per heavy atom. The van der Waals surface area contributed by atoms with Gasteiger partial charge in [0.1, 0.15) is 16.9 Å². The van der Waals surface area contributed by atoms with Crippen LogP contribution in [0.5, 0.6) is 5.75 Å². The van der Waals surface area contributed by atoms with E-state index >= 15 is 0 Å². The predicted octanol–water partition coefficient (Wildman–Crippen LogP) is 3.80. The van der Waals surface area contributed by atoms with Gasteiger partial charge in [0.15, 0.2) is 0 Å². The van der Waals surface area contributed by atoms with Crippen LogP contribution in [0, 0.1) is 0 Å². The summed E-state index contributed by atoms with van der Waals surface area (Å²) in [5.41, 5.74) is 0.376. The van der Waals surface area contributed by atoms with E-state index in [1.165, 1.54) is 25.2 Å². The number of ether oxygens (including phenoxy) is 3. The molecule has 0 aromatic heterocycles. The summed E-state index contributed by atoms with van der Waals surface area (Å²) in [5, 5.41) is 3.55. The van der Waals surface area contributed by atoms with Crippen LogP contribution in [0.15, 0.2) is 12.1 Å². The minimum atomic E-state index is -0.519. The van der Waals surface area contributed by atoms with Gasteiger partial charge in [-0.15, -0.1) is 0 Å². The second-order valence-electron chi connectivity index (χ2n) is 6.71. The molecule has 0 unspecified atom stereocenters. The first kappa shape index (κ1) is 21.9. The largest absolute Gasteiger partial charge is 0.496 e. The molecule has 0 bridgehead atoms. The van der Waals surface area contributed by atoms with Crippen LogP contribution in [0.2, 0.25) is 5.02 Å². The minimum Gasteiger partial charge on any atom is -0.496 e. The highest BCUT2D eigenvalue weighted by Gasteiger charge is 2.19. The Kier molecular flexibility index (Phi) is 8.02. The molecule has 146 valence electrons. The van der Waals surface area contributed by atoms with Crippen LogP contribution in [0.25, 0.3) is 0 Å². The standard InChI is InChI=1S/C18H27ClN2O5/c1-18(2,3)26-17(23)21(4)9-7-8-20-14-11-15(24-5)12(10-13(14)19)16(22)25-6/h10-11,20H,7-9H2,1-6H3. The lowest BCUT2D eigenvalue weighted by Gasteiger charge is -2.24. The molecule has 1 N–H and O–H groups in total. The van der Waals surface area contributed by atoms with Crippen molar-refractivity contribution in [3.63, 3.8) is 0 Å². The summed E-state index contributed by atoms with van der Waals surface area (Å²) in [6.45, 7) is 6.58. The molecule has 0 radical (unpaired) electrons. The quantitative estimate of drug-likeness (QED) is 0.567. The number of rotatable bonds is 7. The minimum absolute atomic E-state index is 0.259. The highest BCUT2D eigenvalue weighted by Crippen LogP contribution is 2.31. The Morgan fingerprint density at radius 1 is 1.23 bits per heavy atom. The summed E-state index contributed by atoms with van der Waals surface area (Å²) >= 11 is 6.21. The number of esters is 1. The number of nitrogens with one attached hydrogen (secondary N) is 1. The molecule has 0 spiro atoms. The third-order valence-electron chi connectivity index (χ3n) is 3.39. The number of carbonyl (C=O) groups is 2. The van der Waals surface area contributed by atoms with Gasteiger partial charge in [0, 0.05) is 26.2 Å². The lowest BCUT2D eigenvalue weighted by molar-refractivity contribution is 0.0298. The van der Waals surface area contributed by atoms with Crippen molar-refractivity contribution in [2.24, 2.45) is 0 Å². The van der Waals surface area contributed by atoms with E-state index in [0.29, 0.717) is 36.0 Å². The van der Waals surface area contributed by atoms with E-state index < -0.39 is 11.6 Å². The first-order valence-corrected chi connectivity index (χ1v) is 8.60. The van der Waals surface area contributed by atoms with Crippen LogP contribution in [0.4, 0.5) is 10.5 Å². The summed E-state index contributed by atoms with van der Waals surface area (Å²) in [6, 6.07) is 3.15. The van der Waals surface area contributed by atoms with Crippen molar-refractivity contribution < 1.29 is 23.8 Å². The van der Waals surface area contributed by atoms with Gasteiger partial charge in [-0.3, -0.25) is 0 Å². The van der Waals surface area contributed by atoms with E-state index in [0.717, 1.165) is 0 Å². The highest BCUT2D eigenvalue weighted by atomic mass is 35.5. The number of benzene rings is 1. The summed E-state index contributed by atoms with van der Waals surface area (Å²) < 4.78 is 15.2. The van der Waals surface area contributed by atoms with Gasteiger partial charge in [0.05, 0.1) is 24.9 Å². The lowest BCUT2D eigenvalue weighted by atomic mass is 10.1. The summed E-state index contributed by atoms with van der Waals surface area (Å²) in [7, 11) is 4.45. The molecule has 0 atom stereocenters. The van der Waals surface area contributed by atoms with E-state index in [4.69, 9.17) is 25.8 Å². The fourth-order valence-electron chi connectivity index (χ4n) is 2.10. The number of carbonyl (C=O) groups excluding carboxylic acids is 2. The van der Waals surface area contributed by atoms with Gasteiger partial charge >= 0.3 is 12.1 Å². The topological polar surface area (TPSA) is 77.1 Å². The Morgan fingerprint density at radius 3 is 2.42 bits per heavy atom. The number of amides is 1. The number of methoxy groups -OCH3 is 2. The maximum absolute atomic E-state index is 11.9. The van der Waals surface area contributed by atoms with Crippen molar-refractivity contribution in [1.29, 1.82) is 0 Å². The van der Waals surface area contributed by atoms with Crippen molar-refractivity contribution in [2.45, 2.75) is 32.8 Å². The normalized spacial score (nSPS) is 10.9. The van der Waals surface area contributed by atoms with Gasteiger partial charge in [-0.2, -0.15) is 0 Å². The maximum Gasteiger partial charge on any atom is 0.410 e. The van der Waals surface area contributed by atoms with Crippen molar-refractivity contribution >= 4 is 29.4 Å². The SMILES string of the molecule is COC(=O)c1cc(Cl)c(NCCCN(C)C(=O)OC(C)(C)C)cc1OC. The van der Waals surface area contributed by atoms with E-state index in [2.05, 4.69) is 5.32 Å². The Balaban J connectivity index is 2.60. The summed E-state index contributed by atoms with van der Waals surface area (Å²) in [6.07, 6.45) is 0.326. The fourth-order valence-corrected chi connectivity index (χ4v) is 2.33. The van der Waals surface area contributed by atoms with Crippen molar-refractivity contribution in [3.8, 4) is 5.75 Å². The molecule has 7 nitrogen and oxygen atoms in total.